The molecule has 0 spiro atoms. The van der Waals surface area contributed by atoms with E-state index in [1.165, 1.54) is 0 Å². The molecule has 17 heavy (non-hydrogen) atoms. The van der Waals surface area contributed by atoms with Crippen LogP contribution in [0.4, 0.5) is 0 Å². The van der Waals surface area contributed by atoms with Gasteiger partial charge in [0.05, 0.1) is 5.60 Å². The predicted octanol–water partition coefficient (Wildman–Crippen LogP) is 4.87. The summed E-state index contributed by atoms with van der Waals surface area (Å²) in [4.78, 5) is 0. The SMILES string of the molecule is COC(C)(C)CCC(CCl)c1ccccc1Cl. The van der Waals surface area contributed by atoms with Crippen LogP contribution in [0.15, 0.2) is 24.3 Å². The summed E-state index contributed by atoms with van der Waals surface area (Å²) >= 11 is 12.2. The average molecular weight is 275 g/mol. The number of rotatable bonds is 6. The number of benzene rings is 1. The highest BCUT2D eigenvalue weighted by molar-refractivity contribution is 6.31. The minimum absolute atomic E-state index is 0.106. The fourth-order valence-corrected chi connectivity index (χ4v) is 2.36. The van der Waals surface area contributed by atoms with Crippen molar-refractivity contribution >= 4 is 23.2 Å². The minimum atomic E-state index is -0.106. The molecule has 0 N–H and O–H groups in total. The first-order valence-corrected chi connectivity index (χ1v) is 6.77. The van der Waals surface area contributed by atoms with E-state index in [1.54, 1.807) is 7.11 Å². The maximum Gasteiger partial charge on any atom is 0.0623 e. The Balaban J connectivity index is 2.70. The third-order valence-corrected chi connectivity index (χ3v) is 3.90. The second-order valence-corrected chi connectivity index (χ2v) is 5.59. The normalized spacial score (nSPS) is 13.7. The fraction of sp³-hybridized carbons (Fsp3) is 0.571. The van der Waals surface area contributed by atoms with Crippen molar-refractivity contribution in [1.29, 1.82) is 0 Å². The summed E-state index contributed by atoms with van der Waals surface area (Å²) in [5, 5.41) is 0.799. The van der Waals surface area contributed by atoms with E-state index in [-0.39, 0.29) is 5.60 Å². The van der Waals surface area contributed by atoms with E-state index in [2.05, 4.69) is 19.9 Å². The minimum Gasteiger partial charge on any atom is -0.379 e. The smallest absolute Gasteiger partial charge is 0.0623 e. The van der Waals surface area contributed by atoms with Gasteiger partial charge < -0.3 is 4.74 Å². The van der Waals surface area contributed by atoms with Crippen molar-refractivity contribution < 1.29 is 4.74 Å². The van der Waals surface area contributed by atoms with Gasteiger partial charge in [0.15, 0.2) is 0 Å². The number of hydrogen-bond donors (Lipinski definition) is 0. The zero-order valence-electron chi connectivity index (χ0n) is 10.7. The average Bonchev–Trinajstić information content (AvgIpc) is 2.32. The summed E-state index contributed by atoms with van der Waals surface area (Å²) in [6.07, 6.45) is 1.94. The van der Waals surface area contributed by atoms with Crippen LogP contribution in [0.3, 0.4) is 0 Å². The van der Waals surface area contributed by atoms with Crippen molar-refractivity contribution in [3.63, 3.8) is 0 Å². The van der Waals surface area contributed by atoms with Crippen molar-refractivity contribution in [2.45, 2.75) is 38.2 Å². The van der Waals surface area contributed by atoms with Crippen LogP contribution in [0.1, 0.15) is 38.2 Å². The molecular weight excluding hydrogens is 255 g/mol. The highest BCUT2D eigenvalue weighted by Crippen LogP contribution is 2.31. The summed E-state index contributed by atoms with van der Waals surface area (Å²) in [5.74, 6) is 0.878. The lowest BCUT2D eigenvalue weighted by Gasteiger charge is -2.25. The summed E-state index contributed by atoms with van der Waals surface area (Å²) in [5.41, 5.74) is 1.03. The monoisotopic (exact) mass is 274 g/mol. The summed E-state index contributed by atoms with van der Waals surface area (Å²) < 4.78 is 5.42. The van der Waals surface area contributed by atoms with Crippen molar-refractivity contribution in [1.82, 2.24) is 0 Å². The van der Waals surface area contributed by atoms with Crippen LogP contribution < -0.4 is 0 Å². The molecule has 96 valence electrons. The van der Waals surface area contributed by atoms with Crippen LogP contribution in [0.5, 0.6) is 0 Å². The quantitative estimate of drug-likeness (QED) is 0.673. The Labute approximate surface area is 114 Å². The third kappa shape index (κ3) is 4.50. The van der Waals surface area contributed by atoms with E-state index in [0.29, 0.717) is 11.8 Å². The maximum absolute atomic E-state index is 6.19. The van der Waals surface area contributed by atoms with Crippen LogP contribution in [0, 0.1) is 0 Å². The molecule has 1 aromatic rings. The van der Waals surface area contributed by atoms with E-state index < -0.39 is 0 Å². The molecule has 1 unspecified atom stereocenters. The Morgan fingerprint density at radius 2 is 1.94 bits per heavy atom. The summed E-state index contributed by atoms with van der Waals surface area (Å²) in [6.45, 7) is 4.18. The molecule has 0 aliphatic carbocycles. The van der Waals surface area contributed by atoms with Gasteiger partial charge in [-0.1, -0.05) is 29.8 Å². The van der Waals surface area contributed by atoms with Crippen molar-refractivity contribution in [3.8, 4) is 0 Å². The second kappa shape index (κ2) is 6.63. The van der Waals surface area contributed by atoms with Gasteiger partial charge in [0.25, 0.3) is 0 Å². The topological polar surface area (TPSA) is 9.23 Å². The van der Waals surface area contributed by atoms with Gasteiger partial charge in [0.1, 0.15) is 0 Å². The first-order chi connectivity index (χ1) is 8.00. The maximum atomic E-state index is 6.19. The zero-order chi connectivity index (χ0) is 12.9. The summed E-state index contributed by atoms with van der Waals surface area (Å²) in [7, 11) is 1.74. The van der Waals surface area contributed by atoms with Crippen LogP contribution in [-0.4, -0.2) is 18.6 Å². The van der Waals surface area contributed by atoms with Crippen molar-refractivity contribution in [2.24, 2.45) is 0 Å². The third-order valence-electron chi connectivity index (χ3n) is 3.18. The van der Waals surface area contributed by atoms with E-state index in [9.17, 15) is 0 Å². The van der Waals surface area contributed by atoms with Crippen molar-refractivity contribution in [3.05, 3.63) is 34.9 Å². The molecule has 1 aromatic carbocycles. The van der Waals surface area contributed by atoms with E-state index >= 15 is 0 Å². The van der Waals surface area contributed by atoms with Crippen LogP contribution in [-0.2, 0) is 4.74 Å². The molecule has 0 amide bonds. The molecule has 0 heterocycles. The van der Waals surface area contributed by atoms with Gasteiger partial charge >= 0.3 is 0 Å². The molecular formula is C14H20Cl2O. The molecule has 0 aromatic heterocycles. The number of halogens is 2. The van der Waals surface area contributed by atoms with Gasteiger partial charge in [-0.3, -0.25) is 0 Å². The van der Waals surface area contributed by atoms with Gasteiger partial charge in [-0.05, 0) is 44.2 Å². The molecule has 3 heteroatoms. The largest absolute Gasteiger partial charge is 0.379 e. The van der Waals surface area contributed by atoms with Crippen LogP contribution in [0.2, 0.25) is 5.02 Å². The van der Waals surface area contributed by atoms with Gasteiger partial charge in [-0.2, -0.15) is 0 Å². The Kier molecular flexibility index (Phi) is 5.78. The molecule has 1 atom stereocenters. The van der Waals surface area contributed by atoms with Crippen molar-refractivity contribution in [2.75, 3.05) is 13.0 Å². The molecule has 0 saturated heterocycles. The highest BCUT2D eigenvalue weighted by Gasteiger charge is 2.20. The zero-order valence-corrected chi connectivity index (χ0v) is 12.2. The predicted molar refractivity (Wildman–Crippen MR) is 75.2 cm³/mol. The standard InChI is InChI=1S/C14H20Cl2O/c1-14(2,17-3)9-8-11(10-15)12-6-4-5-7-13(12)16/h4-7,11H,8-10H2,1-3H3. The number of alkyl halides is 1. The molecule has 0 aliphatic rings. The molecule has 0 bridgehead atoms. The Bertz CT molecular complexity index is 350. The van der Waals surface area contributed by atoms with Gasteiger partial charge in [-0.15, -0.1) is 11.6 Å². The fourth-order valence-electron chi connectivity index (χ4n) is 1.75. The molecule has 0 fully saturated rings. The molecule has 0 aliphatic heterocycles. The molecule has 1 rings (SSSR count). The number of methoxy groups -OCH3 is 1. The summed E-state index contributed by atoms with van der Waals surface area (Å²) in [6, 6.07) is 7.91. The molecule has 0 saturated carbocycles. The number of hydrogen-bond acceptors (Lipinski definition) is 1. The Morgan fingerprint density at radius 1 is 1.29 bits per heavy atom. The van der Waals surface area contributed by atoms with E-state index in [4.69, 9.17) is 27.9 Å². The van der Waals surface area contributed by atoms with Crippen LogP contribution >= 0.6 is 23.2 Å². The molecule has 1 nitrogen and oxygen atoms in total. The first kappa shape index (κ1) is 14.8. The van der Waals surface area contributed by atoms with Gasteiger partial charge in [-0.25, -0.2) is 0 Å². The lowest BCUT2D eigenvalue weighted by Crippen LogP contribution is -2.23. The van der Waals surface area contributed by atoms with Gasteiger partial charge in [0, 0.05) is 18.0 Å². The first-order valence-electron chi connectivity index (χ1n) is 5.85. The van der Waals surface area contributed by atoms with E-state index in [1.807, 2.05) is 18.2 Å². The molecule has 0 radical (unpaired) electrons. The van der Waals surface area contributed by atoms with Gasteiger partial charge in [0.2, 0.25) is 0 Å². The highest BCUT2D eigenvalue weighted by atomic mass is 35.5. The Morgan fingerprint density at radius 3 is 2.47 bits per heavy atom. The lowest BCUT2D eigenvalue weighted by atomic mass is 9.91. The van der Waals surface area contributed by atoms with E-state index in [0.717, 1.165) is 23.4 Å². The second-order valence-electron chi connectivity index (χ2n) is 4.88. The Hall–Kier alpha value is -0.240. The number of ether oxygens (including phenoxy) is 1. The van der Waals surface area contributed by atoms with Crippen LogP contribution in [0.25, 0.3) is 0 Å². The lowest BCUT2D eigenvalue weighted by molar-refractivity contribution is 0.0128.